The first kappa shape index (κ1) is 19.0. The number of aliphatic imine (C=N–C) groups is 1. The predicted molar refractivity (Wildman–Crippen MR) is 92.4 cm³/mol. The molecule has 0 saturated carbocycles. The van der Waals surface area contributed by atoms with Gasteiger partial charge in [0.2, 0.25) is 5.88 Å². The van der Waals surface area contributed by atoms with Crippen LogP contribution in [0.1, 0.15) is 17.3 Å². The van der Waals surface area contributed by atoms with E-state index in [0.717, 1.165) is 12.3 Å². The number of aromatic nitrogens is 1. The van der Waals surface area contributed by atoms with Gasteiger partial charge in [-0.3, -0.25) is 9.79 Å². The molecule has 6 nitrogen and oxygen atoms in total. The van der Waals surface area contributed by atoms with Crippen LogP contribution in [0.2, 0.25) is 0 Å². The molecule has 0 unspecified atom stereocenters. The first-order valence-corrected chi connectivity index (χ1v) is 7.03. The van der Waals surface area contributed by atoms with Gasteiger partial charge in [-0.25, -0.2) is 9.37 Å². The number of rotatable bonds is 7. The highest BCUT2D eigenvalue weighted by atomic mass is 19.1. The van der Waals surface area contributed by atoms with Gasteiger partial charge in [-0.2, -0.15) is 0 Å². The Hall–Kier alpha value is -3.09. The lowest BCUT2D eigenvalue weighted by Crippen LogP contribution is -2.28. The third-order valence-electron chi connectivity index (χ3n) is 3.04. The fourth-order valence-corrected chi connectivity index (χ4v) is 1.80. The zero-order valence-electron chi connectivity index (χ0n) is 13.5. The minimum absolute atomic E-state index is 0.0268. The average Bonchev–Trinajstić information content (AvgIpc) is 2.55. The highest BCUT2D eigenvalue weighted by Gasteiger charge is 2.12. The molecule has 0 spiro atoms. The van der Waals surface area contributed by atoms with Gasteiger partial charge in [-0.15, -0.1) is 0 Å². The van der Waals surface area contributed by atoms with Gasteiger partial charge in [0.05, 0.1) is 5.56 Å². The second-order valence-corrected chi connectivity index (χ2v) is 4.74. The molecule has 1 aromatic rings. The van der Waals surface area contributed by atoms with Crippen LogP contribution in [-0.2, 0) is 0 Å². The van der Waals surface area contributed by atoms with Crippen LogP contribution in [0.15, 0.2) is 53.2 Å². The van der Waals surface area contributed by atoms with E-state index in [1.54, 1.807) is 38.4 Å². The zero-order valence-corrected chi connectivity index (χ0v) is 13.5. The number of nitrogens with one attached hydrogen (secondary N) is 2. The molecule has 0 aromatic carbocycles. The third-order valence-corrected chi connectivity index (χ3v) is 3.04. The monoisotopic (exact) mass is 330 g/mol. The van der Waals surface area contributed by atoms with Crippen molar-refractivity contribution in [3.05, 3.63) is 59.6 Å². The summed E-state index contributed by atoms with van der Waals surface area (Å²) in [7, 11) is 1.63. The minimum atomic E-state index is -0.977. The van der Waals surface area contributed by atoms with E-state index in [4.69, 9.17) is 10.5 Å². The Morgan fingerprint density at radius 3 is 2.83 bits per heavy atom. The van der Waals surface area contributed by atoms with Gasteiger partial charge in [0.1, 0.15) is 0 Å². The first-order valence-electron chi connectivity index (χ1n) is 7.03. The van der Waals surface area contributed by atoms with Crippen LogP contribution < -0.4 is 5.32 Å². The van der Waals surface area contributed by atoms with Crippen LogP contribution in [0.4, 0.5) is 4.39 Å². The number of carbonyl (C=O) groups is 1. The molecule has 1 aromatic heterocycles. The predicted octanol–water partition coefficient (Wildman–Crippen LogP) is 2.44. The number of hydrogen-bond donors (Lipinski definition) is 3. The molecular formula is C17H19FN4O2. The molecule has 0 aliphatic rings. The van der Waals surface area contributed by atoms with Crippen molar-refractivity contribution in [2.45, 2.75) is 6.92 Å². The van der Waals surface area contributed by atoms with E-state index in [9.17, 15) is 9.18 Å². The van der Waals surface area contributed by atoms with Crippen molar-refractivity contribution < 1.29 is 14.3 Å². The van der Waals surface area contributed by atoms with E-state index < -0.39 is 17.6 Å². The summed E-state index contributed by atoms with van der Waals surface area (Å²) in [6.45, 7) is 5.35. The van der Waals surface area contributed by atoms with Gasteiger partial charge in [-0.1, -0.05) is 18.7 Å². The molecule has 1 rings (SSSR count). The number of aromatic hydroxyl groups is 1. The standard InChI is InChI=1S/C17H19FN4O2/c1-4-12(6-5-7-20-3)14(11(2)19)10-22-16(23)13-8-15(18)17(24)21-9-13/h4-9,19H,1,10H2,2-3H3,(H,21,24)(H,22,23)/b6-5-,14-12+,19-11?,20-7-. The van der Waals surface area contributed by atoms with Gasteiger partial charge in [0.25, 0.3) is 5.91 Å². The Morgan fingerprint density at radius 1 is 1.58 bits per heavy atom. The van der Waals surface area contributed by atoms with Crippen molar-refractivity contribution in [1.82, 2.24) is 10.3 Å². The van der Waals surface area contributed by atoms with E-state index in [2.05, 4.69) is 21.9 Å². The zero-order chi connectivity index (χ0) is 18.1. The highest BCUT2D eigenvalue weighted by molar-refractivity contribution is 6.00. The summed E-state index contributed by atoms with van der Waals surface area (Å²) in [5.74, 6) is -2.31. The maximum Gasteiger partial charge on any atom is 0.253 e. The van der Waals surface area contributed by atoms with E-state index >= 15 is 0 Å². The molecular weight excluding hydrogens is 311 g/mol. The van der Waals surface area contributed by atoms with Crippen LogP contribution in [0.3, 0.4) is 0 Å². The fourth-order valence-electron chi connectivity index (χ4n) is 1.80. The highest BCUT2D eigenvalue weighted by Crippen LogP contribution is 2.13. The minimum Gasteiger partial charge on any atom is -0.491 e. The number of pyridine rings is 1. The van der Waals surface area contributed by atoms with Gasteiger partial charge in [0, 0.05) is 31.7 Å². The SMILES string of the molecule is C=CC(/C=C\C=N/C)=C(/CNC(=O)c1cnc(O)c(F)c1)C(C)=N. The number of hydrogen-bond acceptors (Lipinski definition) is 5. The van der Waals surface area contributed by atoms with E-state index in [0.29, 0.717) is 11.1 Å². The lowest BCUT2D eigenvalue weighted by Gasteiger charge is -2.11. The van der Waals surface area contributed by atoms with Gasteiger partial charge < -0.3 is 15.8 Å². The summed E-state index contributed by atoms with van der Waals surface area (Å²) in [5.41, 5.74) is 1.46. The molecule has 7 heteroatoms. The van der Waals surface area contributed by atoms with Gasteiger partial charge in [0.15, 0.2) is 5.82 Å². The van der Waals surface area contributed by atoms with Crippen molar-refractivity contribution in [2.75, 3.05) is 13.6 Å². The number of allylic oxidation sites excluding steroid dienone is 4. The molecule has 1 amide bonds. The second-order valence-electron chi connectivity index (χ2n) is 4.74. The summed E-state index contributed by atoms with van der Waals surface area (Å²) in [6.07, 6.45) is 7.65. The van der Waals surface area contributed by atoms with E-state index in [1.165, 1.54) is 0 Å². The Balaban J connectivity index is 2.96. The maximum atomic E-state index is 13.3. The Kier molecular flexibility index (Phi) is 7.22. The number of halogens is 1. The number of carbonyl (C=O) groups excluding carboxylic acids is 1. The lowest BCUT2D eigenvalue weighted by atomic mass is 10.0. The summed E-state index contributed by atoms with van der Waals surface area (Å²) in [6, 6.07) is 0.893. The van der Waals surface area contributed by atoms with E-state index in [1.807, 2.05) is 0 Å². The van der Waals surface area contributed by atoms with Crippen molar-refractivity contribution in [2.24, 2.45) is 4.99 Å². The molecule has 24 heavy (non-hydrogen) atoms. The molecule has 0 saturated heterocycles. The topological polar surface area (TPSA) is 98.4 Å². The van der Waals surface area contributed by atoms with Gasteiger partial charge in [-0.05, 0) is 30.2 Å². The molecule has 0 fully saturated rings. The van der Waals surface area contributed by atoms with Crippen LogP contribution >= 0.6 is 0 Å². The normalized spacial score (nSPS) is 12.3. The number of amides is 1. The van der Waals surface area contributed by atoms with Gasteiger partial charge >= 0.3 is 0 Å². The second kappa shape index (κ2) is 9.14. The molecule has 1 heterocycles. The Labute approximate surface area is 139 Å². The summed E-state index contributed by atoms with van der Waals surface area (Å²) < 4.78 is 13.3. The largest absolute Gasteiger partial charge is 0.491 e. The Bertz CT molecular complexity index is 736. The van der Waals surface area contributed by atoms with E-state index in [-0.39, 0.29) is 17.8 Å². The lowest BCUT2D eigenvalue weighted by molar-refractivity contribution is 0.0956. The molecule has 0 atom stereocenters. The average molecular weight is 330 g/mol. The van der Waals surface area contributed by atoms with Crippen LogP contribution in [-0.4, -0.2) is 41.5 Å². The Morgan fingerprint density at radius 2 is 2.29 bits per heavy atom. The van der Waals surface area contributed by atoms with Crippen molar-refractivity contribution in [3.63, 3.8) is 0 Å². The molecule has 0 aliphatic carbocycles. The van der Waals surface area contributed by atoms with Crippen LogP contribution in [0.25, 0.3) is 0 Å². The van der Waals surface area contributed by atoms with Crippen molar-refractivity contribution in [1.29, 1.82) is 5.41 Å². The smallest absolute Gasteiger partial charge is 0.253 e. The quantitative estimate of drug-likeness (QED) is 0.529. The molecule has 126 valence electrons. The summed E-state index contributed by atoms with van der Waals surface area (Å²) in [5, 5.41) is 19.5. The first-order chi connectivity index (χ1) is 11.4. The van der Waals surface area contributed by atoms with Crippen LogP contribution in [0.5, 0.6) is 5.88 Å². The summed E-state index contributed by atoms with van der Waals surface area (Å²) >= 11 is 0. The maximum absolute atomic E-state index is 13.3. The van der Waals surface area contributed by atoms with Crippen molar-refractivity contribution >= 4 is 17.8 Å². The molecule has 0 aliphatic heterocycles. The fraction of sp³-hybridized carbons (Fsp3) is 0.176. The van der Waals surface area contributed by atoms with Crippen LogP contribution in [0, 0.1) is 11.2 Å². The molecule has 0 bridgehead atoms. The summed E-state index contributed by atoms with van der Waals surface area (Å²) in [4.78, 5) is 19.3. The molecule has 0 radical (unpaired) electrons. The number of nitrogens with zero attached hydrogens (tertiary/aromatic N) is 2. The third kappa shape index (κ3) is 5.28. The van der Waals surface area contributed by atoms with Crippen molar-refractivity contribution in [3.8, 4) is 5.88 Å². The molecule has 3 N–H and O–H groups in total.